The van der Waals surface area contributed by atoms with E-state index in [0.29, 0.717) is 11.8 Å². The molecule has 146 valence electrons. The van der Waals surface area contributed by atoms with E-state index in [1.54, 1.807) is 0 Å². The second-order valence-electron chi connectivity index (χ2n) is 7.43. The summed E-state index contributed by atoms with van der Waals surface area (Å²) in [5.41, 5.74) is 0. The average molecular weight is 357 g/mol. The molecule has 0 aromatic rings. The lowest BCUT2D eigenvalue weighted by Gasteiger charge is -2.17. The topological polar surface area (TPSA) is 46.5 Å². The normalized spacial score (nSPS) is 23.0. The summed E-state index contributed by atoms with van der Waals surface area (Å²) in [6.07, 6.45) is 14.8. The minimum Gasteiger partial charge on any atom is -0.467 e. The van der Waals surface area contributed by atoms with Crippen LogP contribution in [-0.2, 0) is 9.53 Å². The van der Waals surface area contributed by atoms with Crippen molar-refractivity contribution in [2.45, 2.75) is 96.2 Å². The van der Waals surface area contributed by atoms with Gasteiger partial charge in [-0.1, -0.05) is 57.6 Å². The van der Waals surface area contributed by atoms with Crippen LogP contribution in [0.25, 0.3) is 0 Å². The van der Waals surface area contributed by atoms with Crippen molar-refractivity contribution in [1.29, 1.82) is 0 Å². The Morgan fingerprint density at radius 1 is 1.20 bits per heavy atom. The number of hydrogen-bond acceptors (Lipinski definition) is 3. The summed E-state index contributed by atoms with van der Waals surface area (Å²) < 4.78 is 17.8. The van der Waals surface area contributed by atoms with Crippen LogP contribution >= 0.6 is 0 Å². The summed E-state index contributed by atoms with van der Waals surface area (Å²) in [5, 5.41) is 10.0. The Bertz CT molecular complexity index is 383. The van der Waals surface area contributed by atoms with Gasteiger partial charge in [0.1, 0.15) is 0 Å². The number of alkyl halides is 1. The molecule has 1 N–H and O–H groups in total. The molecule has 0 amide bonds. The number of allylic oxidation sites excluding steroid dienone is 1. The van der Waals surface area contributed by atoms with Gasteiger partial charge in [-0.25, -0.2) is 9.18 Å². The van der Waals surface area contributed by atoms with Gasteiger partial charge in [0.2, 0.25) is 0 Å². The van der Waals surface area contributed by atoms with Crippen molar-refractivity contribution in [3.63, 3.8) is 0 Å². The molecule has 4 atom stereocenters. The number of methoxy groups -OCH3 is 1. The summed E-state index contributed by atoms with van der Waals surface area (Å²) in [5.74, 6) is 0.532. The number of aliphatic hydroxyl groups is 1. The Kier molecular flexibility index (Phi) is 11.8. The van der Waals surface area contributed by atoms with Gasteiger partial charge in [0.05, 0.1) is 13.2 Å². The van der Waals surface area contributed by atoms with Crippen molar-refractivity contribution in [3.05, 3.63) is 12.2 Å². The number of unbranched alkanes of at least 4 members (excludes halogenated alkanes) is 4. The van der Waals surface area contributed by atoms with E-state index in [1.807, 2.05) is 6.08 Å². The Morgan fingerprint density at radius 2 is 1.96 bits per heavy atom. The van der Waals surface area contributed by atoms with Crippen LogP contribution in [0.1, 0.15) is 84.0 Å². The number of ether oxygens (including phenoxy) is 1. The molecular formula is C21H37FO3. The molecule has 1 aliphatic rings. The molecule has 1 saturated carbocycles. The zero-order valence-corrected chi connectivity index (χ0v) is 16.1. The Hall–Kier alpha value is -0.900. The Balaban J connectivity index is 2.19. The van der Waals surface area contributed by atoms with Gasteiger partial charge in [-0.3, -0.25) is 0 Å². The van der Waals surface area contributed by atoms with Crippen LogP contribution in [-0.4, -0.2) is 30.5 Å². The summed E-state index contributed by atoms with van der Waals surface area (Å²) >= 11 is 0. The molecule has 1 aliphatic carbocycles. The van der Waals surface area contributed by atoms with Crippen molar-refractivity contribution in [2.24, 2.45) is 11.8 Å². The fourth-order valence-corrected chi connectivity index (χ4v) is 3.80. The zero-order chi connectivity index (χ0) is 18.5. The van der Waals surface area contributed by atoms with Crippen LogP contribution in [0.15, 0.2) is 12.2 Å². The molecule has 3 nitrogen and oxygen atoms in total. The molecule has 1 rings (SSSR count). The molecule has 1 fully saturated rings. The number of hydrogen-bond donors (Lipinski definition) is 1. The molecule has 0 radical (unpaired) electrons. The number of carbonyl (C=O) groups excluding carboxylic acids is 1. The van der Waals surface area contributed by atoms with Crippen molar-refractivity contribution < 1.29 is 19.0 Å². The van der Waals surface area contributed by atoms with Crippen LogP contribution in [0.2, 0.25) is 0 Å². The summed E-state index contributed by atoms with van der Waals surface area (Å²) in [4.78, 5) is 11.0. The van der Waals surface area contributed by atoms with Gasteiger partial charge < -0.3 is 9.84 Å². The number of rotatable bonds is 13. The second kappa shape index (κ2) is 13.3. The third-order valence-electron chi connectivity index (χ3n) is 5.39. The molecule has 0 aromatic heterocycles. The number of halogens is 1. The van der Waals surface area contributed by atoms with E-state index in [-0.39, 0.29) is 12.5 Å². The second-order valence-corrected chi connectivity index (χ2v) is 7.43. The van der Waals surface area contributed by atoms with Crippen molar-refractivity contribution in [1.82, 2.24) is 0 Å². The van der Waals surface area contributed by atoms with E-state index in [4.69, 9.17) is 0 Å². The molecule has 25 heavy (non-hydrogen) atoms. The van der Waals surface area contributed by atoms with Crippen LogP contribution in [0.3, 0.4) is 0 Å². The summed E-state index contributed by atoms with van der Waals surface area (Å²) in [6.45, 7) is 2.18. The van der Waals surface area contributed by atoms with Crippen LogP contribution in [0.4, 0.5) is 4.39 Å². The minimum atomic E-state index is -1.47. The molecule has 0 saturated heterocycles. The third-order valence-corrected chi connectivity index (χ3v) is 5.39. The lowest BCUT2D eigenvalue weighted by atomic mass is 9.89. The molecule has 0 aliphatic heterocycles. The van der Waals surface area contributed by atoms with Crippen molar-refractivity contribution >= 4 is 5.97 Å². The van der Waals surface area contributed by atoms with Crippen LogP contribution < -0.4 is 0 Å². The molecular weight excluding hydrogens is 319 g/mol. The van der Waals surface area contributed by atoms with E-state index in [0.717, 1.165) is 38.5 Å². The molecule has 0 bridgehead atoms. The van der Waals surface area contributed by atoms with Crippen molar-refractivity contribution in [3.8, 4) is 0 Å². The van der Waals surface area contributed by atoms with Gasteiger partial charge >= 0.3 is 5.97 Å². The van der Waals surface area contributed by atoms with Gasteiger partial charge in [-0.05, 0) is 50.4 Å². The lowest BCUT2D eigenvalue weighted by Crippen LogP contribution is -2.16. The first kappa shape index (κ1) is 22.1. The smallest absolute Gasteiger partial charge is 0.340 e. The van der Waals surface area contributed by atoms with E-state index in [1.165, 1.54) is 39.2 Å². The fraction of sp³-hybridized carbons (Fsp3) is 0.857. The standard InChI is InChI=1S/C21H37FO3/c1-3-4-6-13-19(23)16-15-18-12-9-11-17(18)10-7-5-8-14-20(22)21(24)25-2/h15-20,23H,3-14H2,1-2H3/b16-15+/t17-,18+,19?,20?/m0/s1. The predicted octanol–water partition coefficient (Wildman–Crippen LogP) is 5.36. The van der Waals surface area contributed by atoms with Gasteiger partial charge in [-0.2, -0.15) is 0 Å². The number of carbonyl (C=O) groups is 1. The maximum atomic E-state index is 13.4. The quantitative estimate of drug-likeness (QED) is 0.274. The fourth-order valence-electron chi connectivity index (χ4n) is 3.80. The highest BCUT2D eigenvalue weighted by atomic mass is 19.1. The minimum absolute atomic E-state index is 0.268. The number of aliphatic hydroxyl groups excluding tert-OH is 1. The Morgan fingerprint density at radius 3 is 2.68 bits per heavy atom. The highest BCUT2D eigenvalue weighted by Crippen LogP contribution is 2.36. The van der Waals surface area contributed by atoms with E-state index in [2.05, 4.69) is 17.7 Å². The van der Waals surface area contributed by atoms with Gasteiger partial charge in [0.25, 0.3) is 0 Å². The van der Waals surface area contributed by atoms with E-state index in [9.17, 15) is 14.3 Å². The SMILES string of the molecule is CCCCCC(O)/C=C/[C@H]1CCC[C@@H]1CCCCCC(F)C(=O)OC. The average Bonchev–Trinajstić information content (AvgIpc) is 3.06. The third kappa shape index (κ3) is 9.39. The highest BCUT2D eigenvalue weighted by Gasteiger charge is 2.25. The first-order chi connectivity index (χ1) is 12.1. The molecule has 4 heteroatoms. The van der Waals surface area contributed by atoms with Gasteiger partial charge in [-0.15, -0.1) is 0 Å². The first-order valence-corrected chi connectivity index (χ1v) is 10.2. The largest absolute Gasteiger partial charge is 0.467 e. The van der Waals surface area contributed by atoms with Crippen LogP contribution in [0, 0.1) is 11.8 Å². The summed E-state index contributed by atoms with van der Waals surface area (Å²) in [6, 6.07) is 0. The molecule has 2 unspecified atom stereocenters. The first-order valence-electron chi connectivity index (χ1n) is 10.2. The predicted molar refractivity (Wildman–Crippen MR) is 100 cm³/mol. The van der Waals surface area contributed by atoms with E-state index < -0.39 is 12.1 Å². The maximum Gasteiger partial charge on any atom is 0.340 e. The van der Waals surface area contributed by atoms with Crippen molar-refractivity contribution in [2.75, 3.05) is 7.11 Å². The lowest BCUT2D eigenvalue weighted by molar-refractivity contribution is -0.146. The molecule has 0 aromatic carbocycles. The summed E-state index contributed by atoms with van der Waals surface area (Å²) in [7, 11) is 1.23. The monoisotopic (exact) mass is 356 g/mol. The van der Waals surface area contributed by atoms with E-state index >= 15 is 0 Å². The molecule has 0 spiro atoms. The number of esters is 1. The maximum absolute atomic E-state index is 13.4. The van der Waals surface area contributed by atoms with Gasteiger partial charge in [0, 0.05) is 0 Å². The van der Waals surface area contributed by atoms with Gasteiger partial charge in [0.15, 0.2) is 6.17 Å². The zero-order valence-electron chi connectivity index (χ0n) is 16.1. The highest BCUT2D eigenvalue weighted by molar-refractivity contribution is 5.74. The Labute approximate surface area is 153 Å². The van der Waals surface area contributed by atoms with Crippen LogP contribution in [0.5, 0.6) is 0 Å². The molecule has 0 heterocycles.